The molecule has 108 valence electrons. The molecule has 1 saturated heterocycles. The van der Waals surface area contributed by atoms with E-state index in [0.717, 1.165) is 16.5 Å². The van der Waals surface area contributed by atoms with Gasteiger partial charge in [0.25, 0.3) is 0 Å². The van der Waals surface area contributed by atoms with Crippen molar-refractivity contribution in [2.75, 3.05) is 13.1 Å². The molecular formula is C14H18BrN3O2. The third kappa shape index (κ3) is 3.50. The summed E-state index contributed by atoms with van der Waals surface area (Å²) in [7, 11) is 0. The van der Waals surface area contributed by atoms with E-state index < -0.39 is 6.03 Å². The zero-order chi connectivity index (χ0) is 14.7. The van der Waals surface area contributed by atoms with Crippen LogP contribution in [0, 0.1) is 0 Å². The number of likely N-dealkylation sites (tertiary alicyclic amines) is 1. The van der Waals surface area contributed by atoms with Gasteiger partial charge in [0.05, 0.1) is 5.92 Å². The molecule has 2 rings (SSSR count). The normalized spacial score (nSPS) is 19.7. The summed E-state index contributed by atoms with van der Waals surface area (Å²) < 4.78 is 0.988. The quantitative estimate of drug-likeness (QED) is 0.881. The first kappa shape index (κ1) is 14.8. The molecule has 0 saturated carbocycles. The molecule has 6 heteroatoms. The van der Waals surface area contributed by atoms with E-state index in [1.54, 1.807) is 4.90 Å². The summed E-state index contributed by atoms with van der Waals surface area (Å²) in [4.78, 5) is 24.8. The molecule has 3 N–H and O–H groups in total. The second-order valence-corrected chi connectivity index (χ2v) is 5.97. The molecule has 1 aliphatic rings. The van der Waals surface area contributed by atoms with Gasteiger partial charge < -0.3 is 16.0 Å². The monoisotopic (exact) mass is 339 g/mol. The summed E-state index contributed by atoms with van der Waals surface area (Å²) >= 11 is 3.37. The number of urea groups is 1. The predicted molar refractivity (Wildman–Crippen MR) is 80.3 cm³/mol. The number of carbonyl (C=O) groups excluding carboxylic acids is 2. The van der Waals surface area contributed by atoms with E-state index in [2.05, 4.69) is 21.2 Å². The second kappa shape index (κ2) is 6.26. The van der Waals surface area contributed by atoms with Crippen LogP contribution < -0.4 is 11.1 Å². The van der Waals surface area contributed by atoms with Crippen molar-refractivity contribution in [1.29, 1.82) is 0 Å². The van der Waals surface area contributed by atoms with Crippen LogP contribution in [-0.4, -0.2) is 36.0 Å². The van der Waals surface area contributed by atoms with E-state index in [-0.39, 0.29) is 17.9 Å². The minimum Gasteiger partial charge on any atom is -0.351 e. The SMILES string of the molecule is C[C@H](C(=O)N[C@@H]1CCN(C(N)=O)C1)c1ccc(Br)cc1. The van der Waals surface area contributed by atoms with E-state index in [4.69, 9.17) is 5.73 Å². The van der Waals surface area contributed by atoms with Gasteiger partial charge in [0.1, 0.15) is 0 Å². The van der Waals surface area contributed by atoms with Crippen molar-refractivity contribution in [2.24, 2.45) is 5.73 Å². The maximum absolute atomic E-state index is 12.2. The highest BCUT2D eigenvalue weighted by atomic mass is 79.9. The Morgan fingerprint density at radius 2 is 2.05 bits per heavy atom. The molecule has 0 spiro atoms. The van der Waals surface area contributed by atoms with Gasteiger partial charge in [0.15, 0.2) is 0 Å². The van der Waals surface area contributed by atoms with Gasteiger partial charge in [-0.3, -0.25) is 4.79 Å². The van der Waals surface area contributed by atoms with E-state index >= 15 is 0 Å². The number of primary amides is 1. The molecule has 0 unspecified atom stereocenters. The van der Waals surface area contributed by atoms with Crippen LogP contribution in [0.1, 0.15) is 24.8 Å². The minimum atomic E-state index is -0.428. The number of hydrogen-bond acceptors (Lipinski definition) is 2. The van der Waals surface area contributed by atoms with Crippen molar-refractivity contribution in [3.05, 3.63) is 34.3 Å². The average molecular weight is 340 g/mol. The molecule has 0 aliphatic carbocycles. The van der Waals surface area contributed by atoms with E-state index in [1.165, 1.54) is 0 Å². The molecule has 0 bridgehead atoms. The Morgan fingerprint density at radius 1 is 1.40 bits per heavy atom. The van der Waals surface area contributed by atoms with E-state index in [0.29, 0.717) is 13.1 Å². The average Bonchev–Trinajstić information content (AvgIpc) is 2.87. The van der Waals surface area contributed by atoms with Gasteiger partial charge in [-0.05, 0) is 31.0 Å². The van der Waals surface area contributed by atoms with Gasteiger partial charge in [-0.2, -0.15) is 0 Å². The van der Waals surface area contributed by atoms with Gasteiger partial charge in [0.2, 0.25) is 5.91 Å². The second-order valence-electron chi connectivity index (χ2n) is 5.05. The fraction of sp³-hybridized carbons (Fsp3) is 0.429. The molecule has 5 nitrogen and oxygen atoms in total. The highest BCUT2D eigenvalue weighted by Crippen LogP contribution is 2.19. The zero-order valence-electron chi connectivity index (χ0n) is 11.3. The van der Waals surface area contributed by atoms with Crippen LogP contribution >= 0.6 is 15.9 Å². The molecule has 1 aromatic carbocycles. The van der Waals surface area contributed by atoms with E-state index in [9.17, 15) is 9.59 Å². The maximum atomic E-state index is 12.2. The van der Waals surface area contributed by atoms with Gasteiger partial charge >= 0.3 is 6.03 Å². The summed E-state index contributed by atoms with van der Waals surface area (Å²) in [5.74, 6) is -0.241. The number of amides is 3. The first-order valence-electron chi connectivity index (χ1n) is 6.57. The Balaban J connectivity index is 1.92. The number of rotatable bonds is 3. The molecule has 1 heterocycles. The van der Waals surface area contributed by atoms with Crippen molar-refractivity contribution < 1.29 is 9.59 Å². The molecule has 1 fully saturated rings. The number of nitrogens with zero attached hydrogens (tertiary/aromatic N) is 1. The van der Waals surface area contributed by atoms with Crippen molar-refractivity contribution in [1.82, 2.24) is 10.2 Å². The van der Waals surface area contributed by atoms with Gasteiger partial charge in [0, 0.05) is 23.6 Å². The maximum Gasteiger partial charge on any atom is 0.314 e. The Labute approximate surface area is 126 Å². The summed E-state index contributed by atoms with van der Waals surface area (Å²) in [6.07, 6.45) is 0.752. The molecule has 1 aromatic rings. The van der Waals surface area contributed by atoms with Crippen LogP contribution in [0.25, 0.3) is 0 Å². The largest absolute Gasteiger partial charge is 0.351 e. The molecule has 20 heavy (non-hydrogen) atoms. The summed E-state index contributed by atoms with van der Waals surface area (Å²) in [6, 6.07) is 7.26. The van der Waals surface area contributed by atoms with Crippen LogP contribution in [0.3, 0.4) is 0 Å². The molecule has 3 amide bonds. The fourth-order valence-corrected chi connectivity index (χ4v) is 2.57. The lowest BCUT2D eigenvalue weighted by Crippen LogP contribution is -2.41. The van der Waals surface area contributed by atoms with Crippen molar-refractivity contribution >= 4 is 27.9 Å². The Hall–Kier alpha value is -1.56. The molecule has 0 radical (unpaired) electrons. The van der Waals surface area contributed by atoms with Crippen LogP contribution in [0.2, 0.25) is 0 Å². The van der Waals surface area contributed by atoms with Gasteiger partial charge in [-0.1, -0.05) is 28.1 Å². The lowest BCUT2D eigenvalue weighted by Gasteiger charge is -2.18. The molecular weight excluding hydrogens is 322 g/mol. The highest BCUT2D eigenvalue weighted by molar-refractivity contribution is 9.10. The summed E-state index contributed by atoms with van der Waals surface area (Å²) in [5, 5.41) is 2.98. The number of halogens is 1. The minimum absolute atomic E-state index is 0.00658. The molecule has 0 aromatic heterocycles. The van der Waals surface area contributed by atoms with Crippen LogP contribution in [0.15, 0.2) is 28.7 Å². The third-order valence-corrected chi connectivity index (χ3v) is 4.14. The van der Waals surface area contributed by atoms with Crippen LogP contribution in [-0.2, 0) is 4.79 Å². The van der Waals surface area contributed by atoms with Crippen LogP contribution in [0.4, 0.5) is 4.79 Å². The molecule has 1 aliphatic heterocycles. The number of nitrogens with one attached hydrogen (secondary N) is 1. The number of nitrogens with two attached hydrogens (primary N) is 1. The van der Waals surface area contributed by atoms with Crippen molar-refractivity contribution in [3.8, 4) is 0 Å². The smallest absolute Gasteiger partial charge is 0.314 e. The van der Waals surface area contributed by atoms with E-state index in [1.807, 2.05) is 31.2 Å². The number of carbonyl (C=O) groups is 2. The Morgan fingerprint density at radius 3 is 2.60 bits per heavy atom. The van der Waals surface area contributed by atoms with Gasteiger partial charge in [-0.15, -0.1) is 0 Å². The third-order valence-electron chi connectivity index (χ3n) is 3.61. The number of hydrogen-bond donors (Lipinski definition) is 2. The lowest BCUT2D eigenvalue weighted by atomic mass is 10.00. The van der Waals surface area contributed by atoms with Crippen LogP contribution in [0.5, 0.6) is 0 Å². The van der Waals surface area contributed by atoms with Crippen molar-refractivity contribution in [2.45, 2.75) is 25.3 Å². The highest BCUT2D eigenvalue weighted by Gasteiger charge is 2.27. The number of benzene rings is 1. The summed E-state index contributed by atoms with van der Waals surface area (Å²) in [5.41, 5.74) is 6.19. The first-order chi connectivity index (χ1) is 9.47. The topological polar surface area (TPSA) is 75.4 Å². The molecule has 2 atom stereocenters. The lowest BCUT2D eigenvalue weighted by molar-refractivity contribution is -0.122. The predicted octanol–water partition coefficient (Wildman–Crippen LogP) is 1.82. The standard InChI is InChI=1S/C14H18BrN3O2/c1-9(10-2-4-11(15)5-3-10)13(19)17-12-6-7-18(8-12)14(16)20/h2-5,9,12H,6-8H2,1H3,(H2,16,20)(H,17,19)/t9-,12+/m0/s1. The van der Waals surface area contributed by atoms with Crippen molar-refractivity contribution in [3.63, 3.8) is 0 Å². The zero-order valence-corrected chi connectivity index (χ0v) is 12.9. The Bertz CT molecular complexity index is 504. The summed E-state index contributed by atoms with van der Waals surface area (Å²) in [6.45, 7) is 2.97. The van der Waals surface area contributed by atoms with Gasteiger partial charge in [-0.25, -0.2) is 4.79 Å². The Kier molecular flexibility index (Phi) is 4.65. The first-order valence-corrected chi connectivity index (χ1v) is 7.37. The fourth-order valence-electron chi connectivity index (χ4n) is 2.31.